The van der Waals surface area contributed by atoms with E-state index in [1.165, 1.54) is 5.69 Å². The molecule has 114 valence electrons. The van der Waals surface area contributed by atoms with Gasteiger partial charge in [-0.3, -0.25) is 9.89 Å². The third kappa shape index (κ3) is 3.35. The molecule has 0 aliphatic carbocycles. The van der Waals surface area contributed by atoms with Gasteiger partial charge in [0.05, 0.1) is 11.7 Å². The highest BCUT2D eigenvalue weighted by Gasteiger charge is 2.20. The fraction of sp³-hybridized carbons (Fsp3) is 0.500. The second-order valence-corrected chi connectivity index (χ2v) is 4.86. The minimum atomic E-state index is 0.255. The number of nitrogens with one attached hydrogen (secondary N) is 1. The summed E-state index contributed by atoms with van der Waals surface area (Å²) in [7, 11) is 0. The van der Waals surface area contributed by atoms with Gasteiger partial charge < -0.3 is 9.80 Å². The minimum absolute atomic E-state index is 0.255. The Labute approximate surface area is 125 Å². The van der Waals surface area contributed by atoms with Crippen LogP contribution in [0.4, 0.5) is 5.69 Å². The highest BCUT2D eigenvalue weighted by atomic mass is 16.2. The Balaban J connectivity index is 0.000000774. The molecule has 0 unspecified atom stereocenters. The molecule has 2 aromatic rings. The summed E-state index contributed by atoms with van der Waals surface area (Å²) < 4.78 is 0. The molecule has 1 aliphatic rings. The number of aromatic nitrogens is 2. The smallest absolute Gasteiger partial charge is 0.222 e. The number of hydrogen-bond donors (Lipinski definition) is 1. The summed E-state index contributed by atoms with van der Waals surface area (Å²) in [5, 5.41) is 8.12. The Morgan fingerprint density at radius 2 is 1.95 bits per heavy atom. The van der Waals surface area contributed by atoms with Gasteiger partial charge >= 0.3 is 0 Å². The predicted molar refractivity (Wildman–Crippen MR) is 86.5 cm³/mol. The number of piperazine rings is 1. The normalized spacial score (nSPS) is 14.8. The first kappa shape index (κ1) is 15.4. The molecule has 1 aromatic heterocycles. The fourth-order valence-electron chi connectivity index (χ4n) is 2.56. The van der Waals surface area contributed by atoms with Crippen molar-refractivity contribution >= 4 is 22.5 Å². The van der Waals surface area contributed by atoms with Gasteiger partial charge in [-0.1, -0.05) is 20.8 Å². The Bertz CT molecular complexity index is 585. The average molecular weight is 288 g/mol. The maximum atomic E-state index is 11.6. The number of benzene rings is 1. The van der Waals surface area contributed by atoms with E-state index >= 15 is 0 Å². The maximum Gasteiger partial charge on any atom is 0.222 e. The molecule has 1 N–H and O–H groups in total. The van der Waals surface area contributed by atoms with Gasteiger partial charge in [-0.05, 0) is 18.2 Å². The number of carbonyl (C=O) groups excluding carboxylic acids is 1. The van der Waals surface area contributed by atoms with E-state index in [1.54, 1.807) is 0 Å². The summed E-state index contributed by atoms with van der Waals surface area (Å²) in [5.74, 6) is 0.255. The summed E-state index contributed by atoms with van der Waals surface area (Å²) >= 11 is 0. The van der Waals surface area contributed by atoms with Gasteiger partial charge in [-0.2, -0.15) is 5.10 Å². The van der Waals surface area contributed by atoms with Crippen molar-refractivity contribution in [3.05, 3.63) is 24.4 Å². The summed E-state index contributed by atoms with van der Waals surface area (Å²) in [6.45, 7) is 9.35. The fourth-order valence-corrected chi connectivity index (χ4v) is 2.56. The van der Waals surface area contributed by atoms with E-state index in [2.05, 4.69) is 33.3 Å². The average Bonchev–Trinajstić information content (AvgIpc) is 3.03. The molecule has 0 spiro atoms. The van der Waals surface area contributed by atoms with Crippen LogP contribution in [0.15, 0.2) is 24.4 Å². The van der Waals surface area contributed by atoms with Crippen molar-refractivity contribution in [3.8, 4) is 0 Å². The third-order valence-electron chi connectivity index (χ3n) is 3.72. The first-order valence-corrected chi connectivity index (χ1v) is 7.74. The lowest BCUT2D eigenvalue weighted by Gasteiger charge is -2.36. The van der Waals surface area contributed by atoms with Crippen LogP contribution in [0.25, 0.3) is 10.9 Å². The second-order valence-electron chi connectivity index (χ2n) is 4.86. The van der Waals surface area contributed by atoms with Crippen LogP contribution in [0.5, 0.6) is 0 Å². The van der Waals surface area contributed by atoms with Gasteiger partial charge in [0, 0.05) is 43.7 Å². The van der Waals surface area contributed by atoms with E-state index in [1.807, 2.05) is 31.9 Å². The highest BCUT2D eigenvalue weighted by Crippen LogP contribution is 2.21. The molecule has 3 rings (SSSR count). The van der Waals surface area contributed by atoms with Gasteiger partial charge in [0.15, 0.2) is 0 Å². The summed E-state index contributed by atoms with van der Waals surface area (Å²) in [4.78, 5) is 15.9. The van der Waals surface area contributed by atoms with Crippen molar-refractivity contribution in [2.24, 2.45) is 0 Å². The van der Waals surface area contributed by atoms with Crippen LogP contribution in [0.1, 0.15) is 27.2 Å². The van der Waals surface area contributed by atoms with Crippen molar-refractivity contribution < 1.29 is 4.79 Å². The van der Waals surface area contributed by atoms with Crippen molar-refractivity contribution in [1.82, 2.24) is 15.1 Å². The molecule has 2 heterocycles. The molecule has 0 bridgehead atoms. The zero-order valence-electron chi connectivity index (χ0n) is 13.1. The maximum absolute atomic E-state index is 11.6. The third-order valence-corrected chi connectivity index (χ3v) is 3.72. The van der Waals surface area contributed by atoms with Crippen LogP contribution in [0.3, 0.4) is 0 Å². The number of H-pyrrole nitrogens is 1. The van der Waals surface area contributed by atoms with E-state index in [0.717, 1.165) is 37.1 Å². The molecular formula is C16H24N4O. The minimum Gasteiger partial charge on any atom is -0.368 e. The Morgan fingerprint density at radius 1 is 1.24 bits per heavy atom. The van der Waals surface area contributed by atoms with Gasteiger partial charge in [0.2, 0.25) is 5.91 Å². The van der Waals surface area contributed by atoms with Gasteiger partial charge in [0.1, 0.15) is 0 Å². The lowest BCUT2D eigenvalue weighted by molar-refractivity contribution is -0.131. The number of aromatic amines is 1. The van der Waals surface area contributed by atoms with Crippen molar-refractivity contribution in [2.75, 3.05) is 31.1 Å². The standard InChI is InChI=1S/C14H18N4O.C2H6/c1-2-14(19)18-7-5-17(6-8-18)12-3-4-13-11(9-12)10-15-16-13;1-2/h3-4,9-10H,2,5-8H2,1H3,(H,15,16);1-2H3. The predicted octanol–water partition coefficient (Wildman–Crippen LogP) is 2.65. The van der Waals surface area contributed by atoms with Crippen LogP contribution >= 0.6 is 0 Å². The Hall–Kier alpha value is -2.04. The van der Waals surface area contributed by atoms with Gasteiger partial charge in [-0.25, -0.2) is 0 Å². The zero-order valence-corrected chi connectivity index (χ0v) is 13.1. The van der Waals surface area contributed by atoms with Crippen LogP contribution < -0.4 is 4.90 Å². The molecule has 21 heavy (non-hydrogen) atoms. The number of rotatable bonds is 2. The SMILES string of the molecule is CC.CCC(=O)N1CCN(c2ccc3[nH]ncc3c2)CC1. The molecular weight excluding hydrogens is 264 g/mol. The molecule has 1 aliphatic heterocycles. The lowest BCUT2D eigenvalue weighted by Crippen LogP contribution is -2.48. The topological polar surface area (TPSA) is 52.2 Å². The van der Waals surface area contributed by atoms with E-state index in [0.29, 0.717) is 6.42 Å². The van der Waals surface area contributed by atoms with E-state index in [-0.39, 0.29) is 5.91 Å². The van der Waals surface area contributed by atoms with E-state index in [4.69, 9.17) is 0 Å². The number of anilines is 1. The van der Waals surface area contributed by atoms with Crippen LogP contribution in [-0.4, -0.2) is 47.2 Å². The zero-order chi connectivity index (χ0) is 15.2. The quantitative estimate of drug-likeness (QED) is 0.924. The largest absolute Gasteiger partial charge is 0.368 e. The molecule has 5 heteroatoms. The molecule has 0 saturated carbocycles. The van der Waals surface area contributed by atoms with Crippen molar-refractivity contribution in [3.63, 3.8) is 0 Å². The summed E-state index contributed by atoms with van der Waals surface area (Å²) in [6, 6.07) is 6.31. The van der Waals surface area contributed by atoms with Gasteiger partial charge in [-0.15, -0.1) is 0 Å². The van der Waals surface area contributed by atoms with E-state index in [9.17, 15) is 4.79 Å². The molecule has 0 radical (unpaired) electrons. The van der Waals surface area contributed by atoms with Crippen LogP contribution in [0.2, 0.25) is 0 Å². The van der Waals surface area contributed by atoms with Crippen molar-refractivity contribution in [2.45, 2.75) is 27.2 Å². The van der Waals surface area contributed by atoms with Gasteiger partial charge in [0.25, 0.3) is 0 Å². The highest BCUT2D eigenvalue weighted by molar-refractivity contribution is 5.82. The number of carbonyl (C=O) groups is 1. The molecule has 1 saturated heterocycles. The molecule has 1 amide bonds. The van der Waals surface area contributed by atoms with Crippen LogP contribution in [-0.2, 0) is 4.79 Å². The first-order valence-electron chi connectivity index (χ1n) is 7.74. The first-order chi connectivity index (χ1) is 10.3. The summed E-state index contributed by atoms with van der Waals surface area (Å²) in [6.07, 6.45) is 2.44. The monoisotopic (exact) mass is 288 g/mol. The lowest BCUT2D eigenvalue weighted by atomic mass is 10.2. The molecule has 0 atom stereocenters. The summed E-state index contributed by atoms with van der Waals surface area (Å²) in [5.41, 5.74) is 2.26. The molecule has 1 fully saturated rings. The van der Waals surface area contributed by atoms with Crippen molar-refractivity contribution in [1.29, 1.82) is 0 Å². The Morgan fingerprint density at radius 3 is 2.62 bits per heavy atom. The number of nitrogens with zero attached hydrogens (tertiary/aromatic N) is 3. The molecule has 5 nitrogen and oxygen atoms in total. The van der Waals surface area contributed by atoms with Crippen LogP contribution in [0, 0.1) is 0 Å². The number of amides is 1. The Kier molecular flexibility index (Phi) is 5.20. The molecule has 1 aromatic carbocycles. The van der Waals surface area contributed by atoms with E-state index < -0.39 is 0 Å². The number of fused-ring (bicyclic) bond motifs is 1. The second kappa shape index (κ2) is 7.11. The number of hydrogen-bond acceptors (Lipinski definition) is 3.